The monoisotopic (exact) mass is 133 g/mol. The van der Waals surface area contributed by atoms with E-state index < -0.39 is 0 Å². The van der Waals surface area contributed by atoms with E-state index in [1.807, 2.05) is 12.4 Å². The summed E-state index contributed by atoms with van der Waals surface area (Å²) in [5, 5.41) is 0. The topological polar surface area (TPSA) is 12.9 Å². The van der Waals surface area contributed by atoms with Crippen molar-refractivity contribution in [3.63, 3.8) is 0 Å². The zero-order valence-electron chi connectivity index (χ0n) is 6.17. The molecule has 1 aliphatic carbocycles. The van der Waals surface area contributed by atoms with E-state index in [-0.39, 0.29) is 0 Å². The van der Waals surface area contributed by atoms with Crippen LogP contribution < -0.4 is 0 Å². The minimum Gasteiger partial charge on any atom is -0.264 e. The molecule has 0 saturated heterocycles. The normalized spacial score (nSPS) is 22.7. The molecule has 1 aromatic rings. The predicted molar refractivity (Wildman–Crippen MR) is 41.0 cm³/mol. The molecule has 0 saturated carbocycles. The fraction of sp³-hybridized carbons (Fsp3) is 0.444. The van der Waals surface area contributed by atoms with Gasteiger partial charge in [-0.1, -0.05) is 6.92 Å². The Labute approximate surface area is 61.1 Å². The van der Waals surface area contributed by atoms with Gasteiger partial charge in [-0.25, -0.2) is 0 Å². The van der Waals surface area contributed by atoms with Gasteiger partial charge in [0.25, 0.3) is 0 Å². The van der Waals surface area contributed by atoms with Crippen LogP contribution in [-0.2, 0) is 6.42 Å². The van der Waals surface area contributed by atoms with Gasteiger partial charge in [0.15, 0.2) is 0 Å². The summed E-state index contributed by atoms with van der Waals surface area (Å²) < 4.78 is 0. The highest BCUT2D eigenvalue weighted by Gasteiger charge is 2.17. The number of hydrogen-bond donors (Lipinski definition) is 0. The maximum Gasteiger partial charge on any atom is 0.0305 e. The van der Waals surface area contributed by atoms with Gasteiger partial charge in [0.1, 0.15) is 0 Å². The van der Waals surface area contributed by atoms with Gasteiger partial charge in [-0.05, 0) is 36.0 Å². The number of rotatable bonds is 0. The van der Waals surface area contributed by atoms with Gasteiger partial charge < -0.3 is 0 Å². The van der Waals surface area contributed by atoms with Gasteiger partial charge in [-0.3, -0.25) is 4.98 Å². The van der Waals surface area contributed by atoms with Crippen LogP contribution in [0.5, 0.6) is 0 Å². The second-order valence-corrected chi connectivity index (χ2v) is 3.01. The molecular weight excluding hydrogens is 122 g/mol. The fourth-order valence-corrected chi connectivity index (χ4v) is 1.63. The van der Waals surface area contributed by atoms with Crippen LogP contribution in [-0.4, -0.2) is 4.98 Å². The molecule has 0 bridgehead atoms. The van der Waals surface area contributed by atoms with Crippen molar-refractivity contribution in [3.8, 4) is 0 Å². The van der Waals surface area contributed by atoms with Gasteiger partial charge in [0.2, 0.25) is 0 Å². The minimum absolute atomic E-state index is 0.740. The van der Waals surface area contributed by atoms with Crippen molar-refractivity contribution >= 4 is 0 Å². The SMILES string of the molecule is CC1CCc2ccncc21. The summed E-state index contributed by atoms with van der Waals surface area (Å²) in [6.45, 7) is 2.27. The van der Waals surface area contributed by atoms with Crippen molar-refractivity contribution in [2.75, 3.05) is 0 Å². The van der Waals surface area contributed by atoms with Gasteiger partial charge in [-0.2, -0.15) is 0 Å². The second-order valence-electron chi connectivity index (χ2n) is 3.01. The van der Waals surface area contributed by atoms with Gasteiger partial charge in [0, 0.05) is 12.4 Å². The van der Waals surface area contributed by atoms with E-state index in [1.54, 1.807) is 0 Å². The highest BCUT2D eigenvalue weighted by Crippen LogP contribution is 2.30. The molecule has 0 spiro atoms. The van der Waals surface area contributed by atoms with E-state index >= 15 is 0 Å². The summed E-state index contributed by atoms with van der Waals surface area (Å²) in [5.41, 5.74) is 2.96. The first-order valence-electron chi connectivity index (χ1n) is 3.80. The third-order valence-corrected chi connectivity index (χ3v) is 2.32. The van der Waals surface area contributed by atoms with Gasteiger partial charge >= 0.3 is 0 Å². The summed E-state index contributed by atoms with van der Waals surface area (Å²) in [6.07, 6.45) is 6.45. The Morgan fingerprint density at radius 2 is 2.50 bits per heavy atom. The Balaban J connectivity index is 2.51. The van der Waals surface area contributed by atoms with Crippen LogP contribution in [0.3, 0.4) is 0 Å². The highest BCUT2D eigenvalue weighted by molar-refractivity contribution is 5.31. The van der Waals surface area contributed by atoms with E-state index in [0.717, 1.165) is 5.92 Å². The van der Waals surface area contributed by atoms with Crippen LogP contribution in [0.15, 0.2) is 18.5 Å². The molecular formula is C9H11N. The van der Waals surface area contributed by atoms with Crippen molar-refractivity contribution in [2.45, 2.75) is 25.7 Å². The number of aromatic nitrogens is 1. The lowest BCUT2D eigenvalue weighted by Gasteiger charge is -2.00. The number of nitrogens with zero attached hydrogens (tertiary/aromatic N) is 1. The van der Waals surface area contributed by atoms with Crippen LogP contribution in [0.1, 0.15) is 30.4 Å². The Morgan fingerprint density at radius 3 is 3.30 bits per heavy atom. The molecule has 1 atom stereocenters. The largest absolute Gasteiger partial charge is 0.264 e. The number of fused-ring (bicyclic) bond motifs is 1. The third kappa shape index (κ3) is 0.737. The fourth-order valence-electron chi connectivity index (χ4n) is 1.63. The zero-order valence-corrected chi connectivity index (χ0v) is 6.17. The zero-order chi connectivity index (χ0) is 6.97. The second kappa shape index (κ2) is 2.08. The molecule has 1 heteroatoms. The van der Waals surface area contributed by atoms with Crippen molar-refractivity contribution in [2.24, 2.45) is 0 Å². The Hall–Kier alpha value is -0.850. The molecule has 2 rings (SSSR count). The molecule has 1 heterocycles. The van der Waals surface area contributed by atoms with E-state index in [0.29, 0.717) is 0 Å². The molecule has 0 aliphatic heterocycles. The van der Waals surface area contributed by atoms with Gasteiger partial charge in [0.05, 0.1) is 0 Å². The lowest BCUT2D eigenvalue weighted by atomic mass is 10.1. The summed E-state index contributed by atoms with van der Waals surface area (Å²) in [7, 11) is 0. The number of hydrogen-bond acceptors (Lipinski definition) is 1. The molecule has 1 nitrogen and oxygen atoms in total. The van der Waals surface area contributed by atoms with E-state index in [9.17, 15) is 0 Å². The van der Waals surface area contributed by atoms with Crippen molar-refractivity contribution < 1.29 is 0 Å². The first-order valence-corrected chi connectivity index (χ1v) is 3.80. The number of pyridine rings is 1. The molecule has 0 radical (unpaired) electrons. The standard InChI is InChI=1S/C9H11N/c1-7-2-3-8-4-5-10-6-9(7)8/h4-7H,2-3H2,1H3. The smallest absolute Gasteiger partial charge is 0.0305 e. The van der Waals surface area contributed by atoms with Crippen LogP contribution in [0.25, 0.3) is 0 Å². The van der Waals surface area contributed by atoms with Crippen molar-refractivity contribution in [3.05, 3.63) is 29.6 Å². The summed E-state index contributed by atoms with van der Waals surface area (Å²) in [6, 6.07) is 2.14. The summed E-state index contributed by atoms with van der Waals surface area (Å²) in [4.78, 5) is 4.11. The quantitative estimate of drug-likeness (QED) is 0.528. The maximum atomic E-state index is 4.11. The van der Waals surface area contributed by atoms with Crippen LogP contribution in [0.4, 0.5) is 0 Å². The van der Waals surface area contributed by atoms with E-state index in [1.165, 1.54) is 24.0 Å². The molecule has 52 valence electrons. The number of aryl methyl sites for hydroxylation is 1. The molecule has 10 heavy (non-hydrogen) atoms. The third-order valence-electron chi connectivity index (χ3n) is 2.32. The van der Waals surface area contributed by atoms with Crippen LogP contribution in [0, 0.1) is 0 Å². The van der Waals surface area contributed by atoms with E-state index in [4.69, 9.17) is 0 Å². The average molecular weight is 133 g/mol. The van der Waals surface area contributed by atoms with E-state index in [2.05, 4.69) is 18.0 Å². The lowest BCUT2D eigenvalue weighted by Crippen LogP contribution is -1.86. The predicted octanol–water partition coefficient (Wildman–Crippen LogP) is 2.13. The first kappa shape index (κ1) is 5.90. The minimum atomic E-state index is 0.740. The van der Waals surface area contributed by atoms with Crippen LogP contribution in [0.2, 0.25) is 0 Å². The molecule has 0 N–H and O–H groups in total. The maximum absolute atomic E-state index is 4.11. The highest BCUT2D eigenvalue weighted by atomic mass is 14.6. The van der Waals surface area contributed by atoms with Crippen molar-refractivity contribution in [1.29, 1.82) is 0 Å². The Morgan fingerprint density at radius 1 is 1.60 bits per heavy atom. The van der Waals surface area contributed by atoms with Gasteiger partial charge in [-0.15, -0.1) is 0 Å². The average Bonchev–Trinajstić information content (AvgIpc) is 2.34. The van der Waals surface area contributed by atoms with Crippen LogP contribution >= 0.6 is 0 Å². The first-order chi connectivity index (χ1) is 4.88. The van der Waals surface area contributed by atoms with Crippen molar-refractivity contribution in [1.82, 2.24) is 4.98 Å². The molecule has 1 aliphatic rings. The summed E-state index contributed by atoms with van der Waals surface area (Å²) in [5.74, 6) is 0.740. The molecule has 0 amide bonds. The Bertz CT molecular complexity index is 242. The Kier molecular flexibility index (Phi) is 1.23. The molecule has 1 unspecified atom stereocenters. The molecule has 1 aromatic heterocycles. The molecule has 0 aromatic carbocycles. The lowest BCUT2D eigenvalue weighted by molar-refractivity contribution is 0.745. The summed E-state index contributed by atoms with van der Waals surface area (Å²) >= 11 is 0. The molecule has 0 fully saturated rings.